The Morgan fingerprint density at radius 1 is 1.38 bits per heavy atom. The minimum absolute atomic E-state index is 0.679. The van der Waals surface area contributed by atoms with Crippen LogP contribution in [0.15, 0.2) is 36.7 Å². The van der Waals surface area contributed by atoms with Crippen molar-refractivity contribution < 1.29 is 0 Å². The van der Waals surface area contributed by atoms with E-state index < -0.39 is 0 Å². The highest BCUT2D eigenvalue weighted by Gasteiger charge is 2.07. The summed E-state index contributed by atoms with van der Waals surface area (Å²) in [5.74, 6) is 1.00. The highest BCUT2D eigenvalue weighted by atomic mass is 15.1. The van der Waals surface area contributed by atoms with Crippen LogP contribution in [0.5, 0.6) is 0 Å². The summed E-state index contributed by atoms with van der Waals surface area (Å²) in [4.78, 5) is 4.31. The second-order valence-corrected chi connectivity index (χ2v) is 3.59. The molecule has 0 aliphatic carbocycles. The Hall–Kier alpha value is -2.08. The van der Waals surface area contributed by atoms with E-state index in [1.54, 1.807) is 6.20 Å². The van der Waals surface area contributed by atoms with Gasteiger partial charge in [0, 0.05) is 18.8 Å². The lowest BCUT2D eigenvalue weighted by atomic mass is 10.2. The Morgan fingerprint density at radius 2 is 2.19 bits per heavy atom. The van der Waals surface area contributed by atoms with Gasteiger partial charge in [-0.2, -0.15) is 5.26 Å². The van der Waals surface area contributed by atoms with Gasteiger partial charge in [0.1, 0.15) is 11.9 Å². The molecule has 0 aliphatic heterocycles. The van der Waals surface area contributed by atoms with Crippen molar-refractivity contribution in [3.05, 3.63) is 48.0 Å². The molecule has 0 radical (unpaired) electrons. The largest absolute Gasteiger partial charge is 0.302 e. The number of nitrogens with zero attached hydrogens (tertiary/aromatic N) is 3. The van der Waals surface area contributed by atoms with Gasteiger partial charge >= 0.3 is 0 Å². The van der Waals surface area contributed by atoms with Crippen molar-refractivity contribution in [2.75, 3.05) is 0 Å². The van der Waals surface area contributed by atoms with E-state index in [2.05, 4.69) is 18.0 Å². The lowest BCUT2D eigenvalue weighted by Crippen LogP contribution is -2.02. The Kier molecular flexibility index (Phi) is 3.02. The number of hydrogen-bond acceptors (Lipinski definition) is 2. The summed E-state index contributed by atoms with van der Waals surface area (Å²) in [6.45, 7) is 2.12. The molecule has 1 heterocycles. The molecular weight excluding hydrogens is 198 g/mol. The van der Waals surface area contributed by atoms with E-state index in [-0.39, 0.29) is 0 Å². The molecule has 0 atom stereocenters. The van der Waals surface area contributed by atoms with Gasteiger partial charge in [-0.15, -0.1) is 0 Å². The minimum Gasteiger partial charge on any atom is -0.302 e. The molecule has 1 aromatic heterocycles. The summed E-state index contributed by atoms with van der Waals surface area (Å²) >= 11 is 0. The third-order valence-electron chi connectivity index (χ3n) is 2.48. The van der Waals surface area contributed by atoms with Gasteiger partial charge in [-0.05, 0) is 18.6 Å². The van der Waals surface area contributed by atoms with E-state index in [1.165, 1.54) is 0 Å². The summed E-state index contributed by atoms with van der Waals surface area (Å²) in [6, 6.07) is 9.78. The van der Waals surface area contributed by atoms with Gasteiger partial charge in [0.2, 0.25) is 0 Å². The summed E-state index contributed by atoms with van der Waals surface area (Å²) in [6.07, 6.45) is 5.65. The SMILES string of the molecule is CCCc1nccn1-c1ccccc1C#N. The zero-order valence-corrected chi connectivity index (χ0v) is 9.22. The molecular formula is C13H13N3. The number of imidazole rings is 1. The van der Waals surface area contributed by atoms with Crippen LogP contribution < -0.4 is 0 Å². The number of para-hydroxylation sites is 1. The van der Waals surface area contributed by atoms with Crippen molar-refractivity contribution in [3.8, 4) is 11.8 Å². The molecule has 0 spiro atoms. The first-order valence-corrected chi connectivity index (χ1v) is 5.38. The molecule has 1 aromatic carbocycles. The van der Waals surface area contributed by atoms with Crippen molar-refractivity contribution in [3.63, 3.8) is 0 Å². The average Bonchev–Trinajstić information content (AvgIpc) is 2.77. The Bertz CT molecular complexity index is 520. The van der Waals surface area contributed by atoms with E-state index in [1.807, 2.05) is 35.0 Å². The second-order valence-electron chi connectivity index (χ2n) is 3.59. The monoisotopic (exact) mass is 211 g/mol. The molecule has 80 valence electrons. The lowest BCUT2D eigenvalue weighted by Gasteiger charge is -2.08. The highest BCUT2D eigenvalue weighted by Crippen LogP contribution is 2.16. The number of aromatic nitrogens is 2. The molecule has 0 fully saturated rings. The molecule has 2 aromatic rings. The molecule has 16 heavy (non-hydrogen) atoms. The predicted octanol–water partition coefficient (Wildman–Crippen LogP) is 2.70. The normalized spacial score (nSPS) is 10.0. The second kappa shape index (κ2) is 4.63. The van der Waals surface area contributed by atoms with Crippen LogP contribution in [0.1, 0.15) is 24.7 Å². The zero-order valence-electron chi connectivity index (χ0n) is 9.22. The summed E-state index contributed by atoms with van der Waals surface area (Å²) in [7, 11) is 0. The van der Waals surface area contributed by atoms with Gasteiger partial charge in [-0.1, -0.05) is 19.1 Å². The number of nitriles is 1. The fourth-order valence-corrected chi connectivity index (χ4v) is 1.74. The number of benzene rings is 1. The lowest BCUT2D eigenvalue weighted by molar-refractivity contribution is 0.808. The maximum Gasteiger partial charge on any atom is 0.113 e. The molecule has 0 amide bonds. The van der Waals surface area contributed by atoms with Crippen LogP contribution in [0.4, 0.5) is 0 Å². The Labute approximate surface area is 95.0 Å². The summed E-state index contributed by atoms with van der Waals surface area (Å²) in [5.41, 5.74) is 1.59. The highest BCUT2D eigenvalue weighted by molar-refractivity contribution is 5.49. The van der Waals surface area contributed by atoms with Crippen LogP contribution >= 0.6 is 0 Å². The third-order valence-corrected chi connectivity index (χ3v) is 2.48. The molecule has 0 saturated carbocycles. The topological polar surface area (TPSA) is 41.6 Å². The van der Waals surface area contributed by atoms with Gasteiger partial charge in [0.05, 0.1) is 11.3 Å². The van der Waals surface area contributed by atoms with Crippen molar-refractivity contribution in [1.82, 2.24) is 9.55 Å². The zero-order chi connectivity index (χ0) is 11.4. The first kappa shape index (κ1) is 10.4. The summed E-state index contributed by atoms with van der Waals surface area (Å²) in [5, 5.41) is 9.05. The standard InChI is InChI=1S/C13H13N3/c1-2-5-13-15-8-9-16(13)12-7-4-3-6-11(12)10-14/h3-4,6-9H,2,5H2,1H3. The van der Waals surface area contributed by atoms with Gasteiger partial charge in [-0.25, -0.2) is 4.98 Å². The van der Waals surface area contributed by atoms with Crippen molar-refractivity contribution >= 4 is 0 Å². The van der Waals surface area contributed by atoms with Crippen LogP contribution in [0.3, 0.4) is 0 Å². The first-order chi connectivity index (χ1) is 7.86. The molecule has 0 N–H and O–H groups in total. The molecule has 0 aliphatic rings. The first-order valence-electron chi connectivity index (χ1n) is 5.38. The minimum atomic E-state index is 0.679. The van der Waals surface area contributed by atoms with E-state index >= 15 is 0 Å². The van der Waals surface area contributed by atoms with Gasteiger partial charge in [0.25, 0.3) is 0 Å². The average molecular weight is 211 g/mol. The third kappa shape index (κ3) is 1.82. The molecule has 0 bridgehead atoms. The van der Waals surface area contributed by atoms with E-state index in [4.69, 9.17) is 5.26 Å². The fraction of sp³-hybridized carbons (Fsp3) is 0.231. The van der Waals surface area contributed by atoms with Crippen molar-refractivity contribution in [1.29, 1.82) is 5.26 Å². The molecule has 3 heteroatoms. The van der Waals surface area contributed by atoms with Crippen LogP contribution in [-0.2, 0) is 6.42 Å². The molecule has 0 unspecified atom stereocenters. The van der Waals surface area contributed by atoms with Crippen molar-refractivity contribution in [2.45, 2.75) is 19.8 Å². The maximum absolute atomic E-state index is 9.05. The Balaban J connectivity index is 2.51. The van der Waals surface area contributed by atoms with Crippen LogP contribution in [0.25, 0.3) is 5.69 Å². The summed E-state index contributed by atoms with van der Waals surface area (Å²) < 4.78 is 1.99. The fourth-order valence-electron chi connectivity index (χ4n) is 1.74. The predicted molar refractivity (Wildman–Crippen MR) is 62.3 cm³/mol. The van der Waals surface area contributed by atoms with Crippen LogP contribution in [-0.4, -0.2) is 9.55 Å². The van der Waals surface area contributed by atoms with Crippen LogP contribution in [0.2, 0.25) is 0 Å². The number of aryl methyl sites for hydroxylation is 1. The van der Waals surface area contributed by atoms with Gasteiger partial charge in [0.15, 0.2) is 0 Å². The number of rotatable bonds is 3. The molecule has 3 nitrogen and oxygen atoms in total. The van der Waals surface area contributed by atoms with Crippen molar-refractivity contribution in [2.24, 2.45) is 0 Å². The maximum atomic E-state index is 9.05. The smallest absolute Gasteiger partial charge is 0.113 e. The van der Waals surface area contributed by atoms with E-state index in [0.29, 0.717) is 5.56 Å². The van der Waals surface area contributed by atoms with E-state index in [0.717, 1.165) is 24.4 Å². The Morgan fingerprint density at radius 3 is 2.94 bits per heavy atom. The van der Waals surface area contributed by atoms with E-state index in [9.17, 15) is 0 Å². The quantitative estimate of drug-likeness (QED) is 0.783. The van der Waals surface area contributed by atoms with Gasteiger partial charge < -0.3 is 4.57 Å². The van der Waals surface area contributed by atoms with Crippen LogP contribution in [0, 0.1) is 11.3 Å². The molecule has 0 saturated heterocycles. The number of hydrogen-bond donors (Lipinski definition) is 0. The molecule has 2 rings (SSSR count). The van der Waals surface area contributed by atoms with Gasteiger partial charge in [-0.3, -0.25) is 0 Å².